The van der Waals surface area contributed by atoms with E-state index in [0.717, 1.165) is 0 Å². The molecule has 3 nitrogen and oxygen atoms in total. The predicted octanol–water partition coefficient (Wildman–Crippen LogP) is 0.919. The molecule has 0 fully saturated rings. The summed E-state index contributed by atoms with van der Waals surface area (Å²) in [6.45, 7) is 3.14. The molecule has 0 heterocycles. The monoisotopic (exact) mass is 132 g/mol. The van der Waals surface area contributed by atoms with E-state index in [1.54, 1.807) is 0 Å². The topological polar surface area (TPSA) is 54.4 Å². The van der Waals surface area contributed by atoms with Crippen molar-refractivity contribution >= 4 is 14.4 Å². The Bertz CT molecular complexity index is 129. The third-order valence-electron chi connectivity index (χ3n) is 0.558. The number of hydrogen-bond donors (Lipinski definition) is 1. The second kappa shape index (κ2) is 3.33. The van der Waals surface area contributed by atoms with Crippen LogP contribution in [0, 0.1) is 0 Å². The van der Waals surface area contributed by atoms with Gasteiger partial charge in [-0.2, -0.15) is 0 Å². The average molecular weight is 132 g/mol. The molecule has 4 heteroatoms. The second-order valence-corrected chi connectivity index (χ2v) is 1.77. The zero-order valence-corrected chi connectivity index (χ0v) is 5.02. The van der Waals surface area contributed by atoms with Crippen LogP contribution in [0.4, 0.5) is 0 Å². The van der Waals surface area contributed by atoms with Crippen molar-refractivity contribution in [1.82, 2.24) is 0 Å². The molecular formula is C4H5O3P. The Morgan fingerprint density at radius 2 is 2.25 bits per heavy atom. The van der Waals surface area contributed by atoms with E-state index in [-0.39, 0.29) is 20.2 Å². The molecule has 0 spiro atoms. The Labute approximate surface area is 48.2 Å². The van der Waals surface area contributed by atoms with Crippen LogP contribution in [0.2, 0.25) is 0 Å². The number of carboxylic acid groups (broad SMARTS) is 1. The highest BCUT2D eigenvalue weighted by Gasteiger charge is 2.00. The summed E-state index contributed by atoms with van der Waals surface area (Å²) in [5.41, 5.74) is -0.0262. The number of carboxylic acids is 1. The highest BCUT2D eigenvalue weighted by atomic mass is 31.1. The van der Waals surface area contributed by atoms with Crippen molar-refractivity contribution in [3.8, 4) is 0 Å². The lowest BCUT2D eigenvalue weighted by Crippen LogP contribution is -1.98. The molecule has 1 N–H and O–H groups in total. The third kappa shape index (κ3) is 2.48. The van der Waals surface area contributed by atoms with Gasteiger partial charge in [0.05, 0.1) is 6.16 Å². The van der Waals surface area contributed by atoms with Gasteiger partial charge >= 0.3 is 5.97 Å². The third-order valence-corrected chi connectivity index (χ3v) is 1.07. The van der Waals surface area contributed by atoms with Gasteiger partial charge in [-0.1, -0.05) is 6.58 Å². The van der Waals surface area contributed by atoms with E-state index < -0.39 is 5.97 Å². The van der Waals surface area contributed by atoms with Crippen molar-refractivity contribution in [1.29, 1.82) is 0 Å². The van der Waals surface area contributed by atoms with Crippen LogP contribution in [0.15, 0.2) is 12.2 Å². The standard InChI is InChI=1S/C4H5O3P/c1-3(2-8-7)4(5)6/h1-2H2,(H,5,6). The summed E-state index contributed by atoms with van der Waals surface area (Å²) in [6.07, 6.45) is 0.00926. The van der Waals surface area contributed by atoms with Crippen molar-refractivity contribution in [2.24, 2.45) is 0 Å². The summed E-state index contributed by atoms with van der Waals surface area (Å²) >= 11 is 0. The molecule has 44 valence electrons. The first-order valence-corrected chi connectivity index (χ1v) is 2.88. The van der Waals surface area contributed by atoms with Crippen molar-refractivity contribution in [2.75, 3.05) is 6.16 Å². The van der Waals surface area contributed by atoms with E-state index >= 15 is 0 Å². The Balaban J connectivity index is 3.65. The van der Waals surface area contributed by atoms with Crippen LogP contribution in [0.3, 0.4) is 0 Å². The molecular weight excluding hydrogens is 127 g/mol. The van der Waals surface area contributed by atoms with Crippen molar-refractivity contribution in [2.45, 2.75) is 0 Å². The van der Waals surface area contributed by atoms with Crippen LogP contribution in [-0.2, 0) is 9.36 Å². The molecule has 0 aromatic rings. The largest absolute Gasteiger partial charge is 0.478 e. The molecule has 0 amide bonds. The van der Waals surface area contributed by atoms with Gasteiger partial charge in [0.25, 0.3) is 0 Å². The molecule has 0 rings (SSSR count). The van der Waals surface area contributed by atoms with E-state index in [1.165, 1.54) is 0 Å². The second-order valence-electron chi connectivity index (χ2n) is 1.20. The average Bonchev–Trinajstić information content (AvgIpc) is 1.67. The molecule has 0 atom stereocenters. The Morgan fingerprint density at radius 3 is 2.38 bits per heavy atom. The Kier molecular flexibility index (Phi) is 3.04. The van der Waals surface area contributed by atoms with Crippen LogP contribution in [0.1, 0.15) is 0 Å². The number of aliphatic carboxylic acids is 1. The fraction of sp³-hybridized carbons (Fsp3) is 0.250. The van der Waals surface area contributed by atoms with Crippen LogP contribution in [0.25, 0.3) is 0 Å². The van der Waals surface area contributed by atoms with E-state index in [2.05, 4.69) is 6.58 Å². The van der Waals surface area contributed by atoms with Gasteiger partial charge < -0.3 is 5.11 Å². The normalized spacial score (nSPS) is 9.00. The lowest BCUT2D eigenvalue weighted by atomic mass is 10.4. The van der Waals surface area contributed by atoms with Gasteiger partial charge in [0.15, 0.2) is 8.46 Å². The van der Waals surface area contributed by atoms with Gasteiger partial charge in [-0.05, 0) is 0 Å². The predicted molar refractivity (Wildman–Crippen MR) is 29.2 cm³/mol. The van der Waals surface area contributed by atoms with Gasteiger partial charge in [-0.3, -0.25) is 4.57 Å². The van der Waals surface area contributed by atoms with Crippen LogP contribution in [-0.4, -0.2) is 17.2 Å². The SMILES string of the molecule is C=C(CP=O)C(=O)O. The van der Waals surface area contributed by atoms with Gasteiger partial charge in [-0.25, -0.2) is 4.79 Å². The van der Waals surface area contributed by atoms with Crippen molar-refractivity contribution in [3.05, 3.63) is 12.2 Å². The van der Waals surface area contributed by atoms with Crippen LogP contribution < -0.4 is 0 Å². The first-order valence-electron chi connectivity index (χ1n) is 1.88. The fourth-order valence-electron chi connectivity index (χ4n) is 0.146. The maximum absolute atomic E-state index is 9.85. The molecule has 0 aromatic carbocycles. The van der Waals surface area contributed by atoms with E-state index in [4.69, 9.17) is 5.11 Å². The first kappa shape index (κ1) is 7.31. The van der Waals surface area contributed by atoms with Gasteiger partial charge in [0, 0.05) is 5.57 Å². The van der Waals surface area contributed by atoms with Gasteiger partial charge in [-0.15, -0.1) is 0 Å². The molecule has 0 unspecified atom stereocenters. The van der Waals surface area contributed by atoms with Gasteiger partial charge in [0.1, 0.15) is 0 Å². The van der Waals surface area contributed by atoms with Crippen molar-refractivity contribution < 1.29 is 14.5 Å². The molecule has 0 aliphatic rings. The molecule has 0 radical (unpaired) electrons. The summed E-state index contributed by atoms with van der Waals surface area (Å²) in [6, 6.07) is 0. The van der Waals surface area contributed by atoms with Crippen LogP contribution in [0.5, 0.6) is 0 Å². The summed E-state index contributed by atoms with van der Waals surface area (Å²) < 4.78 is 9.69. The zero-order valence-electron chi connectivity index (χ0n) is 4.13. The number of carbonyl (C=O) groups is 1. The smallest absolute Gasteiger partial charge is 0.331 e. The molecule has 0 aliphatic carbocycles. The maximum atomic E-state index is 9.85. The lowest BCUT2D eigenvalue weighted by Gasteiger charge is -1.86. The fourth-order valence-corrected chi connectivity index (χ4v) is 0.437. The highest BCUT2D eigenvalue weighted by molar-refractivity contribution is 7.24. The highest BCUT2D eigenvalue weighted by Crippen LogP contribution is 1.99. The Morgan fingerprint density at radius 1 is 1.75 bits per heavy atom. The summed E-state index contributed by atoms with van der Waals surface area (Å²) in [5, 5.41) is 8.07. The molecule has 0 aliphatic heterocycles. The van der Waals surface area contributed by atoms with Crippen molar-refractivity contribution in [3.63, 3.8) is 0 Å². The van der Waals surface area contributed by atoms with E-state index in [0.29, 0.717) is 0 Å². The molecule has 8 heavy (non-hydrogen) atoms. The minimum atomic E-state index is -1.09. The van der Waals surface area contributed by atoms with Gasteiger partial charge in [0.2, 0.25) is 0 Å². The molecule has 0 bridgehead atoms. The Hall–Kier alpha value is -0.690. The minimum absolute atomic E-state index is 0.00926. The lowest BCUT2D eigenvalue weighted by molar-refractivity contribution is -0.132. The van der Waals surface area contributed by atoms with Crippen LogP contribution >= 0.6 is 8.46 Å². The summed E-state index contributed by atoms with van der Waals surface area (Å²) in [4.78, 5) is 9.85. The summed E-state index contributed by atoms with van der Waals surface area (Å²) in [5.74, 6) is -1.09. The number of hydrogen-bond acceptors (Lipinski definition) is 2. The zero-order chi connectivity index (χ0) is 6.57. The summed E-state index contributed by atoms with van der Waals surface area (Å²) in [7, 11) is -0.196. The molecule has 0 saturated heterocycles. The maximum Gasteiger partial charge on any atom is 0.331 e. The first-order chi connectivity index (χ1) is 3.68. The molecule has 0 aromatic heterocycles. The number of rotatable bonds is 3. The quantitative estimate of drug-likeness (QED) is 0.458. The minimum Gasteiger partial charge on any atom is -0.478 e. The van der Waals surface area contributed by atoms with E-state index in [1.807, 2.05) is 0 Å². The molecule has 0 saturated carbocycles. The van der Waals surface area contributed by atoms with E-state index in [9.17, 15) is 9.36 Å².